The Hall–Kier alpha value is -1.88. The second-order valence-electron chi connectivity index (χ2n) is 5.80. The Morgan fingerprint density at radius 2 is 1.95 bits per heavy atom. The van der Waals surface area contributed by atoms with Crippen LogP contribution in [0.15, 0.2) is 30.5 Å². The molecule has 112 valence electrons. The van der Waals surface area contributed by atoms with Crippen LogP contribution < -0.4 is 4.74 Å². The molecule has 1 aromatic heterocycles. The number of aromatic nitrogens is 1. The summed E-state index contributed by atoms with van der Waals surface area (Å²) in [6, 6.07) is 8.07. The SMILES string of the molecule is CC(C)(C)c1ccc(OCCc2ncc(C(=O)O)s2)cc1. The largest absolute Gasteiger partial charge is 0.493 e. The molecule has 0 atom stereocenters. The van der Waals surface area contributed by atoms with Gasteiger partial charge < -0.3 is 9.84 Å². The third-order valence-electron chi connectivity index (χ3n) is 3.07. The van der Waals surface area contributed by atoms with Crippen molar-refractivity contribution in [3.8, 4) is 5.75 Å². The van der Waals surface area contributed by atoms with Crippen molar-refractivity contribution in [1.82, 2.24) is 4.98 Å². The first-order valence-electron chi connectivity index (χ1n) is 6.77. The van der Waals surface area contributed by atoms with Crippen LogP contribution in [0.2, 0.25) is 0 Å². The molecule has 21 heavy (non-hydrogen) atoms. The molecule has 2 aromatic rings. The molecule has 0 aliphatic heterocycles. The number of hydrogen-bond acceptors (Lipinski definition) is 4. The van der Waals surface area contributed by atoms with Crippen molar-refractivity contribution < 1.29 is 14.6 Å². The monoisotopic (exact) mass is 305 g/mol. The van der Waals surface area contributed by atoms with Crippen molar-refractivity contribution in [2.24, 2.45) is 0 Å². The zero-order chi connectivity index (χ0) is 15.5. The number of nitrogens with zero attached hydrogens (tertiary/aromatic N) is 1. The first-order chi connectivity index (χ1) is 9.86. The Balaban J connectivity index is 1.87. The average Bonchev–Trinajstić information content (AvgIpc) is 2.87. The molecule has 0 aliphatic rings. The Bertz CT molecular complexity index is 611. The van der Waals surface area contributed by atoms with E-state index in [4.69, 9.17) is 9.84 Å². The molecule has 0 saturated carbocycles. The minimum Gasteiger partial charge on any atom is -0.493 e. The molecule has 0 radical (unpaired) electrons. The van der Waals surface area contributed by atoms with Crippen LogP contribution in [0.5, 0.6) is 5.75 Å². The minimum absolute atomic E-state index is 0.132. The third kappa shape index (κ3) is 4.29. The van der Waals surface area contributed by atoms with Crippen LogP contribution in [0, 0.1) is 0 Å². The number of hydrogen-bond donors (Lipinski definition) is 1. The molecule has 0 amide bonds. The summed E-state index contributed by atoms with van der Waals surface area (Å²) in [5.74, 6) is -0.115. The molecular weight excluding hydrogens is 286 g/mol. The van der Waals surface area contributed by atoms with E-state index >= 15 is 0 Å². The van der Waals surface area contributed by atoms with E-state index < -0.39 is 5.97 Å². The quantitative estimate of drug-likeness (QED) is 0.913. The van der Waals surface area contributed by atoms with E-state index in [1.807, 2.05) is 12.1 Å². The van der Waals surface area contributed by atoms with E-state index in [1.165, 1.54) is 23.1 Å². The maximum Gasteiger partial charge on any atom is 0.347 e. The Labute approximate surface area is 128 Å². The fraction of sp³-hybridized carbons (Fsp3) is 0.375. The van der Waals surface area contributed by atoms with E-state index in [9.17, 15) is 4.79 Å². The number of carboxylic acid groups (broad SMARTS) is 1. The van der Waals surface area contributed by atoms with E-state index in [1.54, 1.807) is 0 Å². The van der Waals surface area contributed by atoms with Gasteiger partial charge >= 0.3 is 5.97 Å². The lowest BCUT2D eigenvalue weighted by molar-refractivity contribution is 0.0702. The summed E-state index contributed by atoms with van der Waals surface area (Å²) < 4.78 is 5.67. The molecule has 0 saturated heterocycles. The average molecular weight is 305 g/mol. The number of aromatic carboxylic acids is 1. The van der Waals surface area contributed by atoms with Gasteiger partial charge in [-0.2, -0.15) is 0 Å². The normalized spacial score (nSPS) is 11.4. The lowest BCUT2D eigenvalue weighted by atomic mass is 9.87. The molecule has 1 N–H and O–H groups in total. The van der Waals surface area contributed by atoms with Crippen LogP contribution in [0.3, 0.4) is 0 Å². The molecule has 1 aromatic carbocycles. The van der Waals surface area contributed by atoms with Crippen LogP contribution in [0.1, 0.15) is 41.0 Å². The van der Waals surface area contributed by atoms with Gasteiger partial charge in [0, 0.05) is 6.42 Å². The van der Waals surface area contributed by atoms with Gasteiger partial charge in [0.15, 0.2) is 0 Å². The Kier molecular flexibility index (Phi) is 4.63. The van der Waals surface area contributed by atoms with Crippen LogP contribution in [-0.4, -0.2) is 22.7 Å². The maximum absolute atomic E-state index is 10.8. The smallest absolute Gasteiger partial charge is 0.347 e. The van der Waals surface area contributed by atoms with Crippen molar-refractivity contribution in [2.75, 3.05) is 6.61 Å². The maximum atomic E-state index is 10.8. The summed E-state index contributed by atoms with van der Waals surface area (Å²) >= 11 is 1.19. The van der Waals surface area contributed by atoms with Crippen LogP contribution in [-0.2, 0) is 11.8 Å². The molecule has 0 unspecified atom stereocenters. The summed E-state index contributed by atoms with van der Waals surface area (Å²) in [6.45, 7) is 7.00. The van der Waals surface area contributed by atoms with Gasteiger partial charge in [-0.05, 0) is 23.1 Å². The summed E-state index contributed by atoms with van der Waals surface area (Å²) in [6.07, 6.45) is 2.00. The summed E-state index contributed by atoms with van der Waals surface area (Å²) in [5, 5.41) is 9.61. The zero-order valence-corrected chi connectivity index (χ0v) is 13.2. The molecule has 2 rings (SSSR count). The van der Waals surface area contributed by atoms with Gasteiger partial charge in [0.05, 0.1) is 17.8 Å². The minimum atomic E-state index is -0.933. The highest BCUT2D eigenvalue weighted by molar-refractivity contribution is 7.13. The van der Waals surface area contributed by atoms with Crippen LogP contribution >= 0.6 is 11.3 Å². The summed E-state index contributed by atoms with van der Waals surface area (Å²) in [4.78, 5) is 15.1. The molecule has 0 aliphatic carbocycles. The number of benzene rings is 1. The second-order valence-corrected chi connectivity index (χ2v) is 6.91. The highest BCUT2D eigenvalue weighted by atomic mass is 32.1. The number of rotatable bonds is 5. The first-order valence-corrected chi connectivity index (χ1v) is 7.59. The van der Waals surface area contributed by atoms with Gasteiger partial charge in [0.25, 0.3) is 0 Å². The van der Waals surface area contributed by atoms with Crippen LogP contribution in [0.4, 0.5) is 0 Å². The summed E-state index contributed by atoms with van der Waals surface area (Å²) in [7, 11) is 0. The van der Waals surface area contributed by atoms with E-state index in [0.717, 1.165) is 10.8 Å². The predicted molar refractivity (Wildman–Crippen MR) is 83.4 cm³/mol. The molecule has 5 heteroatoms. The van der Waals surface area contributed by atoms with Crippen molar-refractivity contribution in [1.29, 1.82) is 0 Å². The first kappa shape index (κ1) is 15.5. The van der Waals surface area contributed by atoms with Gasteiger partial charge in [0.1, 0.15) is 10.6 Å². The van der Waals surface area contributed by atoms with Crippen molar-refractivity contribution in [2.45, 2.75) is 32.6 Å². The molecular formula is C16H19NO3S. The van der Waals surface area contributed by atoms with E-state index in [2.05, 4.69) is 37.9 Å². The highest BCUT2D eigenvalue weighted by Gasteiger charge is 2.13. The van der Waals surface area contributed by atoms with E-state index in [0.29, 0.717) is 13.0 Å². The molecule has 4 nitrogen and oxygen atoms in total. The Morgan fingerprint density at radius 1 is 1.29 bits per heavy atom. The van der Waals surface area contributed by atoms with Crippen LogP contribution in [0.25, 0.3) is 0 Å². The van der Waals surface area contributed by atoms with Crippen molar-refractivity contribution in [3.05, 3.63) is 45.9 Å². The molecule has 0 fully saturated rings. The summed E-state index contributed by atoms with van der Waals surface area (Å²) in [5.41, 5.74) is 1.40. The van der Waals surface area contributed by atoms with Crippen molar-refractivity contribution in [3.63, 3.8) is 0 Å². The van der Waals surface area contributed by atoms with Crippen molar-refractivity contribution >= 4 is 17.3 Å². The van der Waals surface area contributed by atoms with E-state index in [-0.39, 0.29) is 10.3 Å². The molecule has 0 bridgehead atoms. The number of carbonyl (C=O) groups is 1. The van der Waals surface area contributed by atoms with Gasteiger partial charge in [-0.15, -0.1) is 11.3 Å². The predicted octanol–water partition coefficient (Wildman–Crippen LogP) is 3.76. The topological polar surface area (TPSA) is 59.4 Å². The standard InChI is InChI=1S/C16H19NO3S/c1-16(2,3)11-4-6-12(7-5-11)20-9-8-14-17-10-13(21-14)15(18)19/h4-7,10H,8-9H2,1-3H3,(H,18,19). The molecule has 1 heterocycles. The fourth-order valence-corrected chi connectivity index (χ4v) is 2.57. The number of carboxylic acids is 1. The number of ether oxygens (including phenoxy) is 1. The van der Waals surface area contributed by atoms with Gasteiger partial charge in [-0.1, -0.05) is 32.9 Å². The molecule has 0 spiro atoms. The van der Waals surface area contributed by atoms with Gasteiger partial charge in [-0.25, -0.2) is 9.78 Å². The zero-order valence-electron chi connectivity index (χ0n) is 12.4. The Morgan fingerprint density at radius 3 is 2.48 bits per heavy atom. The lowest BCUT2D eigenvalue weighted by Gasteiger charge is -2.19. The lowest BCUT2D eigenvalue weighted by Crippen LogP contribution is -2.10. The van der Waals surface area contributed by atoms with Gasteiger partial charge in [-0.3, -0.25) is 0 Å². The highest BCUT2D eigenvalue weighted by Crippen LogP contribution is 2.24. The fourth-order valence-electron chi connectivity index (χ4n) is 1.83. The second kappa shape index (κ2) is 6.26. The van der Waals surface area contributed by atoms with Gasteiger partial charge in [0.2, 0.25) is 0 Å². The number of thiazole rings is 1. The third-order valence-corrected chi connectivity index (χ3v) is 4.11.